The zero-order chi connectivity index (χ0) is 14.5. The third kappa shape index (κ3) is 4.14. The van der Waals surface area contributed by atoms with Gasteiger partial charge >= 0.3 is 0 Å². The molecule has 21 heavy (non-hydrogen) atoms. The monoisotopic (exact) mass is 309 g/mol. The zero-order valence-corrected chi connectivity index (χ0v) is 13.1. The molecule has 2 aliphatic rings. The first-order valence-electron chi connectivity index (χ1n) is 7.62. The van der Waals surface area contributed by atoms with Crippen LogP contribution in [0.25, 0.3) is 0 Å². The summed E-state index contributed by atoms with van der Waals surface area (Å²) in [5, 5.41) is 12.4. The Morgan fingerprint density at radius 3 is 3.10 bits per heavy atom. The molecule has 0 radical (unpaired) electrons. The first kappa shape index (κ1) is 15.2. The summed E-state index contributed by atoms with van der Waals surface area (Å²) in [5.74, 6) is 0. The highest BCUT2D eigenvalue weighted by molar-refractivity contribution is 7.10. The minimum Gasteiger partial charge on any atom is -0.388 e. The first-order chi connectivity index (χ1) is 10.3. The van der Waals surface area contributed by atoms with Gasteiger partial charge < -0.3 is 14.6 Å². The van der Waals surface area contributed by atoms with Crippen molar-refractivity contribution in [2.45, 2.75) is 25.0 Å². The second-order valence-corrected chi connectivity index (χ2v) is 6.65. The molecule has 0 bridgehead atoms. The molecule has 0 spiro atoms. The number of aliphatic hydroxyl groups is 1. The van der Waals surface area contributed by atoms with Crippen LogP contribution in [0.15, 0.2) is 29.2 Å². The molecule has 1 aromatic heterocycles. The molecule has 0 aromatic carbocycles. The normalized spacial score (nSPS) is 25.6. The van der Waals surface area contributed by atoms with E-state index in [0.29, 0.717) is 6.61 Å². The minimum absolute atomic E-state index is 0.277. The molecule has 116 valence electrons. The van der Waals surface area contributed by atoms with Crippen LogP contribution in [-0.2, 0) is 9.47 Å². The third-order valence-electron chi connectivity index (χ3n) is 4.11. The van der Waals surface area contributed by atoms with Gasteiger partial charge in [-0.3, -0.25) is 4.90 Å². The maximum absolute atomic E-state index is 10.4. The molecule has 3 heterocycles. The van der Waals surface area contributed by atoms with Gasteiger partial charge in [0.2, 0.25) is 0 Å². The first-order valence-corrected chi connectivity index (χ1v) is 8.50. The second-order valence-electron chi connectivity index (χ2n) is 5.67. The fraction of sp³-hybridized carbons (Fsp3) is 0.625. The van der Waals surface area contributed by atoms with Gasteiger partial charge in [0.15, 0.2) is 0 Å². The molecular weight excluding hydrogens is 286 g/mol. The molecule has 1 fully saturated rings. The van der Waals surface area contributed by atoms with E-state index >= 15 is 0 Å². The van der Waals surface area contributed by atoms with Crippen LogP contribution in [0.2, 0.25) is 0 Å². The average Bonchev–Trinajstić information content (AvgIpc) is 3.05. The molecule has 2 aliphatic heterocycles. The van der Waals surface area contributed by atoms with Crippen LogP contribution in [0.5, 0.6) is 0 Å². The maximum Gasteiger partial charge on any atom is 0.0897 e. The minimum atomic E-state index is -0.393. The molecule has 5 heteroatoms. The van der Waals surface area contributed by atoms with Gasteiger partial charge in [0, 0.05) is 24.0 Å². The van der Waals surface area contributed by atoms with E-state index in [1.807, 2.05) is 17.5 Å². The molecule has 1 N–H and O–H groups in total. The summed E-state index contributed by atoms with van der Waals surface area (Å²) in [6.07, 6.45) is 3.65. The quantitative estimate of drug-likeness (QED) is 0.847. The van der Waals surface area contributed by atoms with Crippen molar-refractivity contribution in [2.75, 3.05) is 39.5 Å². The Kier molecular flexibility index (Phi) is 5.43. The van der Waals surface area contributed by atoms with Crippen molar-refractivity contribution in [3.8, 4) is 0 Å². The van der Waals surface area contributed by atoms with Crippen molar-refractivity contribution in [3.63, 3.8) is 0 Å². The van der Waals surface area contributed by atoms with Gasteiger partial charge in [-0.25, -0.2) is 0 Å². The van der Waals surface area contributed by atoms with Crippen LogP contribution >= 0.6 is 11.3 Å². The highest BCUT2D eigenvalue weighted by Gasteiger charge is 2.27. The Morgan fingerprint density at radius 2 is 2.33 bits per heavy atom. The highest BCUT2D eigenvalue weighted by atomic mass is 32.1. The molecule has 0 saturated carbocycles. The van der Waals surface area contributed by atoms with Gasteiger partial charge in [-0.05, 0) is 29.9 Å². The van der Waals surface area contributed by atoms with E-state index in [1.165, 1.54) is 5.57 Å². The molecule has 1 saturated heterocycles. The topological polar surface area (TPSA) is 41.9 Å². The Labute approximate surface area is 130 Å². The van der Waals surface area contributed by atoms with E-state index in [9.17, 15) is 5.11 Å². The Hall–Kier alpha value is -0.720. The van der Waals surface area contributed by atoms with Crippen LogP contribution in [0.4, 0.5) is 0 Å². The number of ether oxygens (including phenoxy) is 2. The average molecular weight is 309 g/mol. The fourth-order valence-electron chi connectivity index (χ4n) is 2.95. The van der Waals surface area contributed by atoms with Crippen LogP contribution in [0, 0.1) is 0 Å². The van der Waals surface area contributed by atoms with Crippen LogP contribution in [0.1, 0.15) is 23.8 Å². The molecule has 3 rings (SSSR count). The van der Waals surface area contributed by atoms with Crippen molar-refractivity contribution in [2.24, 2.45) is 0 Å². The van der Waals surface area contributed by atoms with E-state index in [2.05, 4.69) is 11.0 Å². The number of hydrogen-bond acceptors (Lipinski definition) is 5. The summed E-state index contributed by atoms with van der Waals surface area (Å²) in [6, 6.07) is 4.27. The predicted octanol–water partition coefficient (Wildman–Crippen LogP) is 2.22. The van der Waals surface area contributed by atoms with Gasteiger partial charge in [-0.2, -0.15) is 0 Å². The summed E-state index contributed by atoms with van der Waals surface area (Å²) in [4.78, 5) is 3.47. The third-order valence-corrected chi connectivity index (χ3v) is 5.08. The SMILES string of the molecule is OC(CC1COCCN1CC1=CCCOC1)c1cccs1. The Bertz CT molecular complexity index is 460. The van der Waals surface area contributed by atoms with E-state index in [0.717, 1.165) is 50.6 Å². The summed E-state index contributed by atoms with van der Waals surface area (Å²) < 4.78 is 11.1. The smallest absolute Gasteiger partial charge is 0.0897 e. The number of nitrogens with zero attached hydrogens (tertiary/aromatic N) is 1. The summed E-state index contributed by atoms with van der Waals surface area (Å²) in [6.45, 7) is 4.94. The molecule has 2 atom stereocenters. The number of rotatable bonds is 5. The summed E-state index contributed by atoms with van der Waals surface area (Å²) >= 11 is 1.62. The predicted molar refractivity (Wildman–Crippen MR) is 83.6 cm³/mol. The number of morpholine rings is 1. The van der Waals surface area contributed by atoms with Crippen molar-refractivity contribution < 1.29 is 14.6 Å². The zero-order valence-electron chi connectivity index (χ0n) is 12.2. The van der Waals surface area contributed by atoms with Gasteiger partial charge in [-0.1, -0.05) is 12.1 Å². The van der Waals surface area contributed by atoms with Gasteiger partial charge in [0.1, 0.15) is 0 Å². The van der Waals surface area contributed by atoms with E-state index in [1.54, 1.807) is 11.3 Å². The van der Waals surface area contributed by atoms with Crippen molar-refractivity contribution in [1.82, 2.24) is 4.90 Å². The lowest BCUT2D eigenvalue weighted by atomic mass is 10.0. The molecule has 0 amide bonds. The van der Waals surface area contributed by atoms with E-state index in [4.69, 9.17) is 9.47 Å². The highest BCUT2D eigenvalue weighted by Crippen LogP contribution is 2.26. The van der Waals surface area contributed by atoms with Crippen molar-refractivity contribution in [3.05, 3.63) is 34.0 Å². The Morgan fingerprint density at radius 1 is 1.38 bits per heavy atom. The summed E-state index contributed by atoms with van der Waals surface area (Å²) in [5.41, 5.74) is 1.36. The number of thiophene rings is 1. The standard InChI is InChI=1S/C16H23NO3S/c18-15(16-4-2-8-21-16)9-14-12-20-7-5-17(14)10-13-3-1-6-19-11-13/h2-4,8,14-15,18H,1,5-7,9-12H2. The summed E-state index contributed by atoms with van der Waals surface area (Å²) in [7, 11) is 0. The lowest BCUT2D eigenvalue weighted by molar-refractivity contribution is -0.0233. The number of aliphatic hydroxyl groups excluding tert-OH is 1. The fourth-order valence-corrected chi connectivity index (χ4v) is 3.67. The lowest BCUT2D eigenvalue weighted by Crippen LogP contribution is -2.47. The second kappa shape index (κ2) is 7.51. The Balaban J connectivity index is 1.59. The molecule has 2 unspecified atom stereocenters. The number of hydrogen-bond donors (Lipinski definition) is 1. The molecule has 4 nitrogen and oxygen atoms in total. The van der Waals surface area contributed by atoms with Crippen molar-refractivity contribution >= 4 is 11.3 Å². The van der Waals surface area contributed by atoms with Gasteiger partial charge in [0.05, 0.1) is 32.5 Å². The van der Waals surface area contributed by atoms with E-state index in [-0.39, 0.29) is 6.04 Å². The molecule has 1 aromatic rings. The molecular formula is C16H23NO3S. The van der Waals surface area contributed by atoms with Gasteiger partial charge in [0.25, 0.3) is 0 Å². The largest absolute Gasteiger partial charge is 0.388 e. The maximum atomic E-state index is 10.4. The van der Waals surface area contributed by atoms with Crippen LogP contribution in [-0.4, -0.2) is 55.6 Å². The van der Waals surface area contributed by atoms with E-state index < -0.39 is 6.10 Å². The molecule has 0 aliphatic carbocycles. The van der Waals surface area contributed by atoms with Gasteiger partial charge in [-0.15, -0.1) is 11.3 Å². The lowest BCUT2D eigenvalue weighted by Gasteiger charge is -2.37. The van der Waals surface area contributed by atoms with Crippen molar-refractivity contribution in [1.29, 1.82) is 0 Å². The van der Waals surface area contributed by atoms with Crippen LogP contribution < -0.4 is 0 Å². The van der Waals surface area contributed by atoms with Crippen LogP contribution in [0.3, 0.4) is 0 Å².